The highest BCUT2D eigenvalue weighted by Crippen LogP contribution is 2.54. The van der Waals surface area contributed by atoms with Gasteiger partial charge in [0.25, 0.3) is 0 Å². The predicted octanol–water partition coefficient (Wildman–Crippen LogP) is 5.60. The molecule has 2 aliphatic rings. The topological polar surface area (TPSA) is 0 Å². The van der Waals surface area contributed by atoms with Crippen LogP contribution in [-0.2, 0) is 6.42 Å². The summed E-state index contributed by atoms with van der Waals surface area (Å²) in [5, 5.41) is 0.239. The third kappa shape index (κ3) is 2.84. The van der Waals surface area contributed by atoms with Crippen LogP contribution in [0.3, 0.4) is 0 Å². The summed E-state index contributed by atoms with van der Waals surface area (Å²) >= 11 is 6.76. The molecule has 0 radical (unpaired) electrons. The first-order valence-corrected chi connectivity index (χ1v) is 8.30. The average molecular weight is 277 g/mol. The number of fused-ring (bicyclic) bond motifs is 2. The van der Waals surface area contributed by atoms with Crippen LogP contribution in [0.1, 0.15) is 56.0 Å². The van der Waals surface area contributed by atoms with Crippen LogP contribution in [0.15, 0.2) is 24.3 Å². The predicted molar refractivity (Wildman–Crippen MR) is 82.5 cm³/mol. The Morgan fingerprint density at radius 2 is 1.84 bits per heavy atom. The van der Waals surface area contributed by atoms with Crippen LogP contribution >= 0.6 is 11.6 Å². The van der Waals surface area contributed by atoms with Crippen LogP contribution in [0.4, 0.5) is 0 Å². The number of hydrogen-bond acceptors (Lipinski definition) is 0. The lowest BCUT2D eigenvalue weighted by atomic mass is 9.83. The van der Waals surface area contributed by atoms with Gasteiger partial charge in [-0.1, -0.05) is 44.5 Å². The average Bonchev–Trinajstić information content (AvgIpc) is 3.00. The van der Waals surface area contributed by atoms with Crippen molar-refractivity contribution in [1.29, 1.82) is 0 Å². The second-order valence-electron chi connectivity index (χ2n) is 7.08. The van der Waals surface area contributed by atoms with Crippen molar-refractivity contribution in [3.8, 4) is 0 Å². The maximum Gasteiger partial charge on any atom is 0.0616 e. The fourth-order valence-electron chi connectivity index (χ4n) is 4.21. The van der Waals surface area contributed by atoms with E-state index in [4.69, 9.17) is 11.6 Å². The number of hydrogen-bond donors (Lipinski definition) is 0. The second kappa shape index (κ2) is 5.48. The first kappa shape index (κ1) is 13.5. The molecular formula is C18H25Cl. The van der Waals surface area contributed by atoms with Crippen LogP contribution < -0.4 is 0 Å². The summed E-state index contributed by atoms with van der Waals surface area (Å²) in [6.07, 6.45) is 6.86. The molecule has 4 atom stereocenters. The first-order valence-electron chi connectivity index (χ1n) is 7.86. The van der Waals surface area contributed by atoms with Gasteiger partial charge < -0.3 is 0 Å². The quantitative estimate of drug-likeness (QED) is 0.628. The number of alkyl halides is 1. The van der Waals surface area contributed by atoms with Crippen molar-refractivity contribution in [1.82, 2.24) is 0 Å². The molecule has 0 saturated heterocycles. The lowest BCUT2D eigenvalue weighted by Crippen LogP contribution is -2.15. The minimum absolute atomic E-state index is 0.239. The van der Waals surface area contributed by atoms with Crippen molar-refractivity contribution in [3.05, 3.63) is 35.4 Å². The van der Waals surface area contributed by atoms with E-state index in [1.807, 2.05) is 0 Å². The standard InChI is InChI=1S/C18H25Cl/c1-12(2)9-13-3-6-15(7-4-13)18(19)17-11-14-5-8-16(17)10-14/h3-4,6-7,12,14,16-18H,5,8-11H2,1-2H3. The van der Waals surface area contributed by atoms with Gasteiger partial charge in [0.1, 0.15) is 0 Å². The molecule has 4 unspecified atom stereocenters. The van der Waals surface area contributed by atoms with E-state index in [1.54, 1.807) is 0 Å². The fourth-order valence-corrected chi connectivity index (χ4v) is 4.66. The van der Waals surface area contributed by atoms with Crippen molar-refractivity contribution in [2.45, 2.75) is 51.3 Å². The van der Waals surface area contributed by atoms with Crippen molar-refractivity contribution in [2.24, 2.45) is 23.7 Å². The van der Waals surface area contributed by atoms with Crippen molar-refractivity contribution in [3.63, 3.8) is 0 Å². The first-order chi connectivity index (χ1) is 9.13. The second-order valence-corrected chi connectivity index (χ2v) is 7.55. The van der Waals surface area contributed by atoms with E-state index in [2.05, 4.69) is 38.1 Å². The van der Waals surface area contributed by atoms with Gasteiger partial charge in [-0.2, -0.15) is 0 Å². The van der Waals surface area contributed by atoms with Gasteiger partial charge in [-0.05, 0) is 60.5 Å². The van der Waals surface area contributed by atoms with E-state index in [1.165, 1.54) is 43.2 Å². The summed E-state index contributed by atoms with van der Waals surface area (Å²) in [7, 11) is 0. The Bertz CT molecular complexity index is 420. The Balaban J connectivity index is 1.68. The molecule has 0 aliphatic heterocycles. The molecule has 0 N–H and O–H groups in total. The summed E-state index contributed by atoms with van der Waals surface area (Å²) in [6, 6.07) is 9.08. The highest BCUT2D eigenvalue weighted by Gasteiger charge is 2.42. The molecule has 2 fully saturated rings. The molecule has 0 amide bonds. The minimum atomic E-state index is 0.239. The summed E-state index contributed by atoms with van der Waals surface area (Å²) in [6.45, 7) is 4.54. The van der Waals surface area contributed by atoms with Gasteiger partial charge in [0, 0.05) is 0 Å². The molecule has 19 heavy (non-hydrogen) atoms. The lowest BCUT2D eigenvalue weighted by molar-refractivity contribution is 0.323. The molecular weight excluding hydrogens is 252 g/mol. The van der Waals surface area contributed by atoms with Gasteiger partial charge in [-0.3, -0.25) is 0 Å². The van der Waals surface area contributed by atoms with Gasteiger partial charge >= 0.3 is 0 Å². The molecule has 0 aromatic heterocycles. The van der Waals surface area contributed by atoms with Crippen LogP contribution in [0.25, 0.3) is 0 Å². The lowest BCUT2D eigenvalue weighted by Gasteiger charge is -2.26. The highest BCUT2D eigenvalue weighted by atomic mass is 35.5. The Kier molecular flexibility index (Phi) is 3.89. The van der Waals surface area contributed by atoms with Crippen LogP contribution in [0, 0.1) is 23.7 Å². The van der Waals surface area contributed by atoms with E-state index in [9.17, 15) is 0 Å². The Morgan fingerprint density at radius 3 is 2.37 bits per heavy atom. The summed E-state index contributed by atoms with van der Waals surface area (Å²) in [5.41, 5.74) is 2.78. The summed E-state index contributed by atoms with van der Waals surface area (Å²) in [5.74, 6) is 3.35. The molecule has 1 aromatic carbocycles. The van der Waals surface area contributed by atoms with Gasteiger partial charge in [0.05, 0.1) is 5.38 Å². The van der Waals surface area contributed by atoms with Gasteiger partial charge in [-0.25, -0.2) is 0 Å². The monoisotopic (exact) mass is 276 g/mol. The number of benzene rings is 1. The van der Waals surface area contributed by atoms with Crippen LogP contribution in [-0.4, -0.2) is 0 Å². The summed E-state index contributed by atoms with van der Waals surface area (Å²) in [4.78, 5) is 0. The Hall–Kier alpha value is -0.490. The molecule has 0 heterocycles. The largest absolute Gasteiger partial charge is 0.118 e. The minimum Gasteiger partial charge on any atom is -0.118 e. The van der Waals surface area contributed by atoms with E-state index < -0.39 is 0 Å². The maximum atomic E-state index is 6.76. The van der Waals surface area contributed by atoms with Gasteiger partial charge in [0.15, 0.2) is 0 Å². The molecule has 2 saturated carbocycles. The normalized spacial score (nSPS) is 31.1. The molecule has 0 spiro atoms. The molecule has 1 heteroatoms. The van der Waals surface area contributed by atoms with E-state index in [0.29, 0.717) is 0 Å². The number of halogens is 1. The van der Waals surface area contributed by atoms with E-state index in [-0.39, 0.29) is 5.38 Å². The Morgan fingerprint density at radius 1 is 1.11 bits per heavy atom. The van der Waals surface area contributed by atoms with Crippen molar-refractivity contribution >= 4 is 11.6 Å². The third-order valence-corrected chi connectivity index (χ3v) is 5.69. The van der Waals surface area contributed by atoms with Gasteiger partial charge in [-0.15, -0.1) is 11.6 Å². The van der Waals surface area contributed by atoms with Crippen LogP contribution in [0.2, 0.25) is 0 Å². The zero-order chi connectivity index (χ0) is 13.4. The molecule has 104 valence electrons. The summed E-state index contributed by atoms with van der Waals surface area (Å²) < 4.78 is 0. The maximum absolute atomic E-state index is 6.76. The molecule has 0 nitrogen and oxygen atoms in total. The molecule has 3 rings (SSSR count). The SMILES string of the molecule is CC(C)Cc1ccc(C(Cl)C2CC3CCC2C3)cc1. The smallest absolute Gasteiger partial charge is 0.0616 e. The van der Waals surface area contributed by atoms with Crippen LogP contribution in [0.5, 0.6) is 0 Å². The van der Waals surface area contributed by atoms with Crippen molar-refractivity contribution in [2.75, 3.05) is 0 Å². The molecule has 2 bridgehead atoms. The Labute approximate surface area is 122 Å². The van der Waals surface area contributed by atoms with Gasteiger partial charge in [0.2, 0.25) is 0 Å². The zero-order valence-electron chi connectivity index (χ0n) is 12.1. The van der Waals surface area contributed by atoms with E-state index in [0.717, 1.165) is 23.7 Å². The number of rotatable bonds is 4. The fraction of sp³-hybridized carbons (Fsp3) is 0.667. The third-order valence-electron chi connectivity index (χ3n) is 5.11. The molecule has 2 aliphatic carbocycles. The van der Waals surface area contributed by atoms with E-state index >= 15 is 0 Å². The molecule has 1 aromatic rings. The van der Waals surface area contributed by atoms with Crippen molar-refractivity contribution < 1.29 is 0 Å². The zero-order valence-corrected chi connectivity index (χ0v) is 12.9. The highest BCUT2D eigenvalue weighted by molar-refractivity contribution is 6.21.